The second kappa shape index (κ2) is 11.8. The number of ether oxygens (including phenoxy) is 3. The van der Waals surface area contributed by atoms with E-state index in [2.05, 4.69) is 30.9 Å². The van der Waals surface area contributed by atoms with Crippen LogP contribution >= 0.6 is 0 Å². The Labute approximate surface area is 239 Å². The molecular formula is C31H34N4O6. The van der Waals surface area contributed by atoms with E-state index in [1.165, 1.54) is 16.8 Å². The Morgan fingerprint density at radius 2 is 1.83 bits per heavy atom. The molecule has 2 aromatic carbocycles. The number of hydrazone groups is 1. The van der Waals surface area contributed by atoms with Crippen molar-refractivity contribution in [2.45, 2.75) is 26.3 Å². The number of hydrogen-bond donors (Lipinski definition) is 0. The summed E-state index contributed by atoms with van der Waals surface area (Å²) >= 11 is 0. The van der Waals surface area contributed by atoms with Gasteiger partial charge in [0.1, 0.15) is 6.54 Å². The number of nitrogens with zero attached hydrogens (tertiary/aromatic N) is 4. The monoisotopic (exact) mass is 558 g/mol. The van der Waals surface area contributed by atoms with Gasteiger partial charge in [-0.25, -0.2) is 5.01 Å². The van der Waals surface area contributed by atoms with Gasteiger partial charge in [0.05, 0.1) is 31.2 Å². The lowest BCUT2D eigenvalue weighted by Crippen LogP contribution is -2.46. The minimum atomic E-state index is -0.353. The molecule has 1 saturated heterocycles. The fraction of sp³-hybridized carbons (Fsp3) is 0.387. The summed E-state index contributed by atoms with van der Waals surface area (Å²) in [6, 6.07) is 14.9. The Hall–Kier alpha value is -4.15. The fourth-order valence-electron chi connectivity index (χ4n) is 5.35. The van der Waals surface area contributed by atoms with Gasteiger partial charge in [-0.3, -0.25) is 14.5 Å². The molecular weight excluding hydrogens is 524 g/mol. The van der Waals surface area contributed by atoms with Crippen LogP contribution in [0.15, 0.2) is 64.3 Å². The lowest BCUT2D eigenvalue weighted by atomic mass is 9.96. The van der Waals surface area contributed by atoms with Crippen LogP contribution in [0.25, 0.3) is 0 Å². The van der Waals surface area contributed by atoms with Crippen LogP contribution in [-0.4, -0.2) is 85.1 Å². The number of aryl methyl sites for hydroxylation is 2. The topological polar surface area (TPSA) is 97.1 Å². The summed E-state index contributed by atoms with van der Waals surface area (Å²) in [5.41, 5.74) is 5.04. The molecule has 0 aliphatic carbocycles. The molecule has 0 bridgehead atoms. The summed E-state index contributed by atoms with van der Waals surface area (Å²) in [7, 11) is 0. The van der Waals surface area contributed by atoms with Gasteiger partial charge < -0.3 is 23.5 Å². The van der Waals surface area contributed by atoms with Gasteiger partial charge in [-0.05, 0) is 66.4 Å². The summed E-state index contributed by atoms with van der Waals surface area (Å²) in [4.78, 5) is 31.2. The van der Waals surface area contributed by atoms with E-state index < -0.39 is 0 Å². The third-order valence-corrected chi connectivity index (χ3v) is 7.92. The Kier molecular flexibility index (Phi) is 7.76. The third kappa shape index (κ3) is 5.84. The van der Waals surface area contributed by atoms with Gasteiger partial charge in [-0.1, -0.05) is 18.2 Å². The van der Waals surface area contributed by atoms with Gasteiger partial charge >= 0.3 is 0 Å². The van der Waals surface area contributed by atoms with E-state index >= 15 is 0 Å². The Morgan fingerprint density at radius 1 is 1.00 bits per heavy atom. The molecule has 2 amide bonds. The quantitative estimate of drug-likeness (QED) is 0.415. The first-order valence-corrected chi connectivity index (χ1v) is 14.0. The van der Waals surface area contributed by atoms with E-state index in [4.69, 9.17) is 23.7 Å². The van der Waals surface area contributed by atoms with Crippen LogP contribution < -0.4 is 9.47 Å². The average Bonchev–Trinajstić information content (AvgIpc) is 3.77. The van der Waals surface area contributed by atoms with Crippen LogP contribution in [0.4, 0.5) is 0 Å². The molecule has 0 saturated carbocycles. The highest BCUT2D eigenvalue weighted by atomic mass is 16.7. The van der Waals surface area contributed by atoms with E-state index in [9.17, 15) is 9.59 Å². The number of carbonyl (C=O) groups is 2. The van der Waals surface area contributed by atoms with Gasteiger partial charge in [0.15, 0.2) is 17.3 Å². The van der Waals surface area contributed by atoms with Crippen LogP contribution in [0.1, 0.15) is 45.3 Å². The first-order valence-electron chi connectivity index (χ1n) is 14.0. The van der Waals surface area contributed by atoms with Gasteiger partial charge in [0.2, 0.25) is 6.79 Å². The van der Waals surface area contributed by atoms with Crippen molar-refractivity contribution in [1.29, 1.82) is 0 Å². The van der Waals surface area contributed by atoms with Gasteiger partial charge in [-0.15, -0.1) is 0 Å². The van der Waals surface area contributed by atoms with E-state index in [0.717, 1.165) is 35.5 Å². The van der Waals surface area contributed by atoms with Crippen molar-refractivity contribution in [2.24, 2.45) is 5.10 Å². The highest BCUT2D eigenvalue weighted by Gasteiger charge is 2.36. The summed E-state index contributed by atoms with van der Waals surface area (Å²) < 4.78 is 22.0. The first-order chi connectivity index (χ1) is 20.0. The van der Waals surface area contributed by atoms with E-state index in [-0.39, 0.29) is 37.0 Å². The molecule has 3 aliphatic heterocycles. The van der Waals surface area contributed by atoms with E-state index in [1.54, 1.807) is 17.0 Å². The summed E-state index contributed by atoms with van der Waals surface area (Å²) in [5, 5.41) is 6.37. The normalized spacial score (nSPS) is 18.4. The molecule has 41 heavy (non-hydrogen) atoms. The molecule has 0 N–H and O–H groups in total. The maximum atomic E-state index is 14.0. The van der Waals surface area contributed by atoms with Gasteiger partial charge in [-0.2, -0.15) is 5.10 Å². The largest absolute Gasteiger partial charge is 0.459 e. The van der Waals surface area contributed by atoms with E-state index in [0.29, 0.717) is 44.2 Å². The molecule has 3 aliphatic rings. The third-order valence-electron chi connectivity index (χ3n) is 7.92. The van der Waals surface area contributed by atoms with Crippen molar-refractivity contribution >= 4 is 17.5 Å². The molecule has 6 rings (SSSR count). The molecule has 1 fully saturated rings. The van der Waals surface area contributed by atoms with Crippen molar-refractivity contribution in [3.05, 3.63) is 82.8 Å². The van der Waals surface area contributed by atoms with Crippen LogP contribution in [-0.2, 0) is 9.53 Å². The SMILES string of the molecule is Cc1ccc(C2=NN(C(=O)CN(CCN3CCOCC3)C(=O)c3ccco3)C(c3ccc4c(c3)OCO4)C2)cc1C. The molecule has 0 spiro atoms. The smallest absolute Gasteiger partial charge is 0.290 e. The minimum absolute atomic E-state index is 0.130. The molecule has 1 atom stereocenters. The predicted molar refractivity (Wildman–Crippen MR) is 151 cm³/mol. The molecule has 3 aromatic rings. The molecule has 1 unspecified atom stereocenters. The van der Waals surface area contributed by atoms with Crippen molar-refractivity contribution < 1.29 is 28.2 Å². The number of fused-ring (bicyclic) bond motifs is 1. The van der Waals surface area contributed by atoms with Crippen molar-refractivity contribution in [2.75, 3.05) is 52.7 Å². The molecule has 10 heteroatoms. The number of benzene rings is 2. The van der Waals surface area contributed by atoms with Crippen LogP contribution in [0.3, 0.4) is 0 Å². The van der Waals surface area contributed by atoms with Gasteiger partial charge in [0.25, 0.3) is 11.8 Å². The second-order valence-corrected chi connectivity index (χ2v) is 10.6. The molecule has 214 valence electrons. The molecule has 4 heterocycles. The number of hydrogen-bond acceptors (Lipinski definition) is 8. The molecule has 10 nitrogen and oxygen atoms in total. The number of furan rings is 1. The Morgan fingerprint density at radius 3 is 2.61 bits per heavy atom. The van der Waals surface area contributed by atoms with Crippen molar-refractivity contribution in [1.82, 2.24) is 14.8 Å². The van der Waals surface area contributed by atoms with E-state index in [1.807, 2.05) is 24.3 Å². The number of carbonyl (C=O) groups excluding carboxylic acids is 2. The lowest BCUT2D eigenvalue weighted by Gasteiger charge is -2.30. The molecule has 0 radical (unpaired) electrons. The Bertz CT molecular complexity index is 1450. The Balaban J connectivity index is 1.28. The second-order valence-electron chi connectivity index (χ2n) is 10.6. The zero-order valence-electron chi connectivity index (χ0n) is 23.4. The zero-order valence-corrected chi connectivity index (χ0v) is 23.4. The van der Waals surface area contributed by atoms with Crippen molar-refractivity contribution in [3.8, 4) is 11.5 Å². The number of amides is 2. The molecule has 1 aromatic heterocycles. The maximum absolute atomic E-state index is 14.0. The number of morpholine rings is 1. The van der Waals surface area contributed by atoms with Gasteiger partial charge in [0, 0.05) is 32.6 Å². The standard InChI is InChI=1S/C31H34N4O6/c1-21-5-6-23(16-22(21)2)25-18-26(24-7-8-27-29(17-24)41-20-40-27)35(32-25)30(36)19-34(31(37)28-4-3-13-39-28)10-9-33-11-14-38-15-12-33/h3-8,13,16-17,26H,9-12,14-15,18-20H2,1-2H3. The average molecular weight is 559 g/mol. The van der Waals surface area contributed by atoms with Crippen LogP contribution in [0.2, 0.25) is 0 Å². The van der Waals surface area contributed by atoms with Crippen molar-refractivity contribution in [3.63, 3.8) is 0 Å². The van der Waals surface area contributed by atoms with Crippen LogP contribution in [0, 0.1) is 13.8 Å². The summed E-state index contributed by atoms with van der Waals surface area (Å²) in [5.74, 6) is 0.933. The highest BCUT2D eigenvalue weighted by molar-refractivity contribution is 6.04. The maximum Gasteiger partial charge on any atom is 0.290 e. The minimum Gasteiger partial charge on any atom is -0.459 e. The summed E-state index contributed by atoms with van der Waals surface area (Å²) in [6.45, 7) is 8.09. The predicted octanol–water partition coefficient (Wildman–Crippen LogP) is 3.78. The zero-order chi connectivity index (χ0) is 28.3. The highest BCUT2D eigenvalue weighted by Crippen LogP contribution is 2.39. The van der Waals surface area contributed by atoms with Crippen LogP contribution in [0.5, 0.6) is 11.5 Å². The lowest BCUT2D eigenvalue weighted by molar-refractivity contribution is -0.133. The number of rotatable bonds is 8. The first kappa shape index (κ1) is 27.0. The summed E-state index contributed by atoms with van der Waals surface area (Å²) in [6.07, 6.45) is 2.00. The fourth-order valence-corrected chi connectivity index (χ4v) is 5.35.